The predicted octanol–water partition coefficient (Wildman–Crippen LogP) is 2.08. The molecule has 0 radical (unpaired) electrons. The molecule has 0 N–H and O–H groups in total. The third kappa shape index (κ3) is 3.13. The molecule has 0 unspecified atom stereocenters. The molecule has 1 saturated heterocycles. The zero-order valence-corrected chi connectivity index (χ0v) is 10.9. The smallest absolute Gasteiger partial charge is 0.378 e. The van der Waals surface area contributed by atoms with Gasteiger partial charge in [0.2, 0.25) is 0 Å². The van der Waals surface area contributed by atoms with Crippen LogP contribution >= 0.6 is 0 Å². The standard InChI is InChI=1S/C12H11F3N2O4/c1-21-10-5-16(6-10)11(18)7-2-8(12(13,14)15)4-9(3-7)17(19)20/h2-4,10H,5-6H2,1H3. The third-order valence-electron chi connectivity index (χ3n) is 3.17. The molecule has 0 spiro atoms. The predicted molar refractivity (Wildman–Crippen MR) is 64.8 cm³/mol. The van der Waals surface area contributed by atoms with Gasteiger partial charge < -0.3 is 9.64 Å². The molecule has 1 amide bonds. The van der Waals surface area contributed by atoms with Gasteiger partial charge in [0.15, 0.2) is 0 Å². The van der Waals surface area contributed by atoms with Crippen LogP contribution < -0.4 is 0 Å². The first-order chi connectivity index (χ1) is 9.72. The normalized spacial score (nSPS) is 15.7. The monoisotopic (exact) mass is 304 g/mol. The minimum Gasteiger partial charge on any atom is -0.378 e. The van der Waals surface area contributed by atoms with Crippen molar-refractivity contribution in [1.82, 2.24) is 4.90 Å². The van der Waals surface area contributed by atoms with Crippen LogP contribution in [0.4, 0.5) is 18.9 Å². The lowest BCUT2D eigenvalue weighted by molar-refractivity contribution is -0.385. The van der Waals surface area contributed by atoms with E-state index in [9.17, 15) is 28.1 Å². The molecule has 1 fully saturated rings. The van der Waals surface area contributed by atoms with Crippen LogP contribution in [-0.4, -0.2) is 42.0 Å². The SMILES string of the molecule is COC1CN(C(=O)c2cc([N+](=O)[O-])cc(C(F)(F)F)c2)C1. The number of ether oxygens (including phenoxy) is 1. The summed E-state index contributed by atoms with van der Waals surface area (Å²) < 4.78 is 43.1. The zero-order chi connectivity index (χ0) is 15.8. The largest absolute Gasteiger partial charge is 0.416 e. The summed E-state index contributed by atoms with van der Waals surface area (Å²) >= 11 is 0. The van der Waals surface area contributed by atoms with Crippen molar-refractivity contribution in [1.29, 1.82) is 0 Å². The fraction of sp³-hybridized carbons (Fsp3) is 0.417. The van der Waals surface area contributed by atoms with E-state index in [1.165, 1.54) is 12.0 Å². The molecule has 2 rings (SSSR count). The number of hydrogen-bond donors (Lipinski definition) is 0. The highest BCUT2D eigenvalue weighted by Gasteiger charge is 2.36. The highest BCUT2D eigenvalue weighted by molar-refractivity contribution is 5.95. The third-order valence-corrected chi connectivity index (χ3v) is 3.17. The summed E-state index contributed by atoms with van der Waals surface area (Å²) in [5.41, 5.74) is -2.34. The fourth-order valence-electron chi connectivity index (χ4n) is 1.94. The number of carbonyl (C=O) groups is 1. The maximum atomic E-state index is 12.7. The molecule has 0 aliphatic carbocycles. The van der Waals surface area contributed by atoms with Crippen molar-refractivity contribution in [2.75, 3.05) is 20.2 Å². The Labute approximate surface area is 117 Å². The molecule has 1 aromatic carbocycles. The van der Waals surface area contributed by atoms with Crippen LogP contribution in [0.1, 0.15) is 15.9 Å². The highest BCUT2D eigenvalue weighted by atomic mass is 19.4. The van der Waals surface area contributed by atoms with Crippen molar-refractivity contribution in [2.45, 2.75) is 12.3 Å². The maximum absolute atomic E-state index is 12.7. The second-order valence-electron chi connectivity index (χ2n) is 4.59. The summed E-state index contributed by atoms with van der Waals surface area (Å²) in [7, 11) is 1.46. The van der Waals surface area contributed by atoms with Crippen LogP contribution in [0.15, 0.2) is 18.2 Å². The maximum Gasteiger partial charge on any atom is 0.416 e. The van der Waals surface area contributed by atoms with Crippen molar-refractivity contribution in [3.8, 4) is 0 Å². The number of carbonyl (C=O) groups excluding carboxylic acids is 1. The molecule has 0 atom stereocenters. The van der Waals surface area contributed by atoms with Gasteiger partial charge in [0.1, 0.15) is 0 Å². The van der Waals surface area contributed by atoms with E-state index in [0.29, 0.717) is 12.1 Å². The summed E-state index contributed by atoms with van der Waals surface area (Å²) in [5, 5.41) is 10.7. The lowest BCUT2D eigenvalue weighted by Crippen LogP contribution is -2.54. The van der Waals surface area contributed by atoms with E-state index in [2.05, 4.69) is 0 Å². The molecule has 0 saturated carbocycles. The zero-order valence-electron chi connectivity index (χ0n) is 10.9. The van der Waals surface area contributed by atoms with Gasteiger partial charge in [-0.25, -0.2) is 0 Å². The second kappa shape index (κ2) is 5.32. The molecule has 1 aromatic rings. The number of hydrogen-bond acceptors (Lipinski definition) is 4. The van der Waals surface area contributed by atoms with E-state index in [1.807, 2.05) is 0 Å². The van der Waals surface area contributed by atoms with Crippen LogP contribution in [0, 0.1) is 10.1 Å². The van der Waals surface area contributed by atoms with Crippen molar-refractivity contribution in [2.24, 2.45) is 0 Å². The average Bonchev–Trinajstić information content (AvgIpc) is 2.35. The van der Waals surface area contributed by atoms with Gasteiger partial charge in [-0.3, -0.25) is 14.9 Å². The number of non-ortho nitro benzene ring substituents is 1. The summed E-state index contributed by atoms with van der Waals surface area (Å²) in [5.74, 6) is -0.683. The lowest BCUT2D eigenvalue weighted by Gasteiger charge is -2.38. The Bertz CT molecular complexity index is 582. The van der Waals surface area contributed by atoms with E-state index in [-0.39, 0.29) is 24.8 Å². The van der Waals surface area contributed by atoms with Gasteiger partial charge >= 0.3 is 6.18 Å². The summed E-state index contributed by atoms with van der Waals surface area (Å²) in [4.78, 5) is 23.0. The van der Waals surface area contributed by atoms with Gasteiger partial charge in [0, 0.05) is 37.9 Å². The Kier molecular flexibility index (Phi) is 3.86. The van der Waals surface area contributed by atoms with Gasteiger partial charge in [0.05, 0.1) is 16.6 Å². The summed E-state index contributed by atoms with van der Waals surface area (Å²) in [6.45, 7) is 0.499. The number of likely N-dealkylation sites (tertiary alicyclic amines) is 1. The van der Waals surface area contributed by atoms with Crippen molar-refractivity contribution < 1.29 is 27.6 Å². The Hall–Kier alpha value is -2.16. The van der Waals surface area contributed by atoms with Crippen molar-refractivity contribution in [3.63, 3.8) is 0 Å². The minimum absolute atomic E-state index is 0.158. The molecule has 1 aliphatic heterocycles. The minimum atomic E-state index is -4.76. The van der Waals surface area contributed by atoms with E-state index < -0.39 is 28.3 Å². The summed E-state index contributed by atoms with van der Waals surface area (Å²) in [6, 6.07) is 1.87. The molecule has 0 aromatic heterocycles. The number of amides is 1. The van der Waals surface area contributed by atoms with Crippen molar-refractivity contribution >= 4 is 11.6 Å². The van der Waals surface area contributed by atoms with Gasteiger partial charge in [-0.15, -0.1) is 0 Å². The van der Waals surface area contributed by atoms with Crippen LogP contribution in [0.3, 0.4) is 0 Å². The molecule has 21 heavy (non-hydrogen) atoms. The van der Waals surface area contributed by atoms with Gasteiger partial charge in [-0.2, -0.15) is 13.2 Å². The summed E-state index contributed by atoms with van der Waals surface area (Å²) in [6.07, 6.45) is -4.92. The molecule has 114 valence electrons. The number of nitro benzene ring substituents is 1. The number of rotatable bonds is 3. The first kappa shape index (κ1) is 15.2. The molecule has 9 heteroatoms. The molecular formula is C12H11F3N2O4. The number of methoxy groups -OCH3 is 1. The molecule has 6 nitrogen and oxygen atoms in total. The number of nitrogens with zero attached hydrogens (tertiary/aromatic N) is 2. The highest BCUT2D eigenvalue weighted by Crippen LogP contribution is 2.33. The van der Waals surface area contributed by atoms with Gasteiger partial charge in [-0.05, 0) is 6.07 Å². The number of nitro groups is 1. The van der Waals surface area contributed by atoms with Gasteiger partial charge in [-0.1, -0.05) is 0 Å². The molecule has 1 heterocycles. The Morgan fingerprint density at radius 3 is 2.48 bits per heavy atom. The number of alkyl halides is 3. The Morgan fingerprint density at radius 2 is 2.00 bits per heavy atom. The average molecular weight is 304 g/mol. The second-order valence-corrected chi connectivity index (χ2v) is 4.59. The number of benzene rings is 1. The molecule has 1 aliphatic rings. The van der Waals surface area contributed by atoms with Crippen molar-refractivity contribution in [3.05, 3.63) is 39.4 Å². The first-order valence-corrected chi connectivity index (χ1v) is 5.91. The Balaban J connectivity index is 2.32. The molecule has 0 bridgehead atoms. The molecular weight excluding hydrogens is 293 g/mol. The lowest BCUT2D eigenvalue weighted by atomic mass is 10.0. The fourth-order valence-corrected chi connectivity index (χ4v) is 1.94. The van der Waals surface area contributed by atoms with Crippen LogP contribution in [0.25, 0.3) is 0 Å². The Morgan fingerprint density at radius 1 is 1.38 bits per heavy atom. The van der Waals surface area contributed by atoms with Gasteiger partial charge in [0.25, 0.3) is 11.6 Å². The van der Waals surface area contributed by atoms with Crippen LogP contribution in [0.2, 0.25) is 0 Å². The number of halogens is 3. The van der Waals surface area contributed by atoms with E-state index in [0.717, 1.165) is 6.07 Å². The van der Waals surface area contributed by atoms with Crippen LogP contribution in [0.5, 0.6) is 0 Å². The van der Waals surface area contributed by atoms with E-state index in [4.69, 9.17) is 4.74 Å². The van der Waals surface area contributed by atoms with Crippen LogP contribution in [-0.2, 0) is 10.9 Å². The quantitative estimate of drug-likeness (QED) is 0.633. The van der Waals surface area contributed by atoms with E-state index in [1.54, 1.807) is 0 Å². The van der Waals surface area contributed by atoms with E-state index >= 15 is 0 Å². The first-order valence-electron chi connectivity index (χ1n) is 5.91. The topological polar surface area (TPSA) is 72.7 Å².